The van der Waals surface area contributed by atoms with Crippen molar-refractivity contribution in [1.29, 1.82) is 0 Å². The van der Waals surface area contributed by atoms with Crippen LogP contribution in [0.2, 0.25) is 0 Å². The Morgan fingerprint density at radius 1 is 0.939 bits per heavy atom. The molecule has 0 saturated heterocycles. The molecule has 0 radical (unpaired) electrons. The number of nitrogens with one attached hydrogen (secondary N) is 2. The Bertz CT molecular complexity index is 1380. The number of aromatic nitrogens is 1. The zero-order valence-corrected chi connectivity index (χ0v) is 19.1. The van der Waals surface area contributed by atoms with Crippen LogP contribution in [-0.2, 0) is 10.0 Å². The van der Waals surface area contributed by atoms with Crippen LogP contribution in [-0.4, -0.2) is 33.5 Å². The van der Waals surface area contributed by atoms with Gasteiger partial charge in [-0.25, -0.2) is 17.8 Å². The minimum Gasteiger partial charge on any atom is -0.495 e. The topological polar surface area (TPSA) is 107 Å². The Hall–Kier alpha value is -3.70. The van der Waals surface area contributed by atoms with E-state index in [1.54, 1.807) is 19.2 Å². The Labute approximate surface area is 193 Å². The number of nitrogens with zero attached hydrogens (tertiary/aromatic N) is 1. The normalized spacial score (nSPS) is 11.2. The fourth-order valence-electron chi connectivity index (χ4n) is 3.03. The molecule has 0 saturated carbocycles. The summed E-state index contributed by atoms with van der Waals surface area (Å²) in [5.41, 5.74) is 1.13. The van der Waals surface area contributed by atoms with Gasteiger partial charge in [-0.3, -0.25) is 14.8 Å². The fraction of sp³-hybridized carbons (Fsp3) is 0.0909. The second-order valence-corrected chi connectivity index (χ2v) is 9.44. The van der Waals surface area contributed by atoms with Crippen LogP contribution in [0.25, 0.3) is 10.2 Å². The van der Waals surface area contributed by atoms with Crippen molar-refractivity contribution in [3.63, 3.8) is 0 Å². The van der Waals surface area contributed by atoms with E-state index in [0.717, 1.165) is 16.8 Å². The van der Waals surface area contributed by atoms with Gasteiger partial charge in [0.15, 0.2) is 5.13 Å². The molecule has 0 aliphatic carbocycles. The number of ether oxygens (including phenoxy) is 2. The van der Waals surface area contributed by atoms with Crippen LogP contribution < -0.4 is 19.5 Å². The van der Waals surface area contributed by atoms with E-state index in [0.29, 0.717) is 27.7 Å². The summed E-state index contributed by atoms with van der Waals surface area (Å²) in [5.74, 6) is 0.219. The monoisotopic (exact) mass is 487 g/mol. The molecule has 0 aliphatic rings. The molecule has 4 rings (SSSR count). The average Bonchev–Trinajstić information content (AvgIpc) is 3.22. The minimum absolute atomic E-state index is 0.0765. The van der Waals surface area contributed by atoms with Crippen LogP contribution >= 0.6 is 11.3 Å². The number of methoxy groups -OCH3 is 2. The van der Waals surface area contributed by atoms with Gasteiger partial charge in [-0.2, -0.15) is 0 Å². The molecule has 1 amide bonds. The molecule has 0 unspecified atom stereocenters. The summed E-state index contributed by atoms with van der Waals surface area (Å²) in [4.78, 5) is 17.0. The quantitative estimate of drug-likeness (QED) is 0.397. The third-order valence-electron chi connectivity index (χ3n) is 4.65. The highest BCUT2D eigenvalue weighted by atomic mass is 32.2. The predicted octanol–water partition coefficient (Wildman–Crippen LogP) is 4.51. The molecule has 0 atom stereocenters. The number of hydrogen-bond donors (Lipinski definition) is 2. The summed E-state index contributed by atoms with van der Waals surface area (Å²) in [6.45, 7) is 0. The maximum atomic E-state index is 13.0. The van der Waals surface area contributed by atoms with Gasteiger partial charge in [-0.1, -0.05) is 11.3 Å². The van der Waals surface area contributed by atoms with Crippen LogP contribution in [0.1, 0.15) is 10.4 Å². The van der Waals surface area contributed by atoms with E-state index in [9.17, 15) is 17.6 Å². The van der Waals surface area contributed by atoms with Gasteiger partial charge < -0.3 is 9.47 Å². The van der Waals surface area contributed by atoms with E-state index < -0.39 is 21.7 Å². The standard InChI is InChI=1S/C22H18FN3O5S2/c1-30-17-11-12-18(31-2)20-19(17)24-22(32-20)25-21(27)13-3-7-15(8-4-13)26-33(28,29)16-9-5-14(23)6-10-16/h3-12,26H,1-2H3,(H,24,25,27). The Kier molecular flexibility index (Phi) is 6.16. The number of benzene rings is 3. The number of rotatable bonds is 7. The molecule has 33 heavy (non-hydrogen) atoms. The van der Waals surface area contributed by atoms with E-state index in [4.69, 9.17) is 9.47 Å². The molecule has 3 aromatic carbocycles. The first kappa shape index (κ1) is 22.5. The van der Waals surface area contributed by atoms with E-state index in [1.807, 2.05) is 0 Å². The van der Waals surface area contributed by atoms with Crippen LogP contribution in [0, 0.1) is 5.82 Å². The summed E-state index contributed by atoms with van der Waals surface area (Å²) >= 11 is 1.24. The van der Waals surface area contributed by atoms with Gasteiger partial charge in [0.05, 0.1) is 19.1 Å². The number of fused-ring (bicyclic) bond motifs is 1. The van der Waals surface area contributed by atoms with Crippen molar-refractivity contribution < 1.29 is 27.1 Å². The van der Waals surface area contributed by atoms with Crippen LogP contribution in [0.5, 0.6) is 11.5 Å². The summed E-state index contributed by atoms with van der Waals surface area (Å²) in [6.07, 6.45) is 0. The molecule has 8 nitrogen and oxygen atoms in total. The Morgan fingerprint density at radius 3 is 2.21 bits per heavy atom. The number of carbonyl (C=O) groups is 1. The molecular weight excluding hydrogens is 469 g/mol. The molecule has 4 aromatic rings. The number of carbonyl (C=O) groups excluding carboxylic acids is 1. The van der Waals surface area contributed by atoms with Crippen molar-refractivity contribution in [1.82, 2.24) is 4.98 Å². The highest BCUT2D eigenvalue weighted by Crippen LogP contribution is 2.38. The second-order valence-electron chi connectivity index (χ2n) is 6.76. The van der Waals surface area contributed by atoms with Gasteiger partial charge in [-0.15, -0.1) is 0 Å². The van der Waals surface area contributed by atoms with E-state index in [2.05, 4.69) is 15.0 Å². The first-order valence-electron chi connectivity index (χ1n) is 9.52. The largest absolute Gasteiger partial charge is 0.495 e. The Morgan fingerprint density at radius 2 is 1.58 bits per heavy atom. The van der Waals surface area contributed by atoms with Gasteiger partial charge in [0, 0.05) is 11.3 Å². The first-order valence-corrected chi connectivity index (χ1v) is 11.8. The van der Waals surface area contributed by atoms with Crippen molar-refractivity contribution >= 4 is 48.3 Å². The van der Waals surface area contributed by atoms with E-state index >= 15 is 0 Å². The molecule has 1 heterocycles. The lowest BCUT2D eigenvalue weighted by Gasteiger charge is -2.09. The van der Waals surface area contributed by atoms with E-state index in [1.165, 1.54) is 54.8 Å². The molecule has 0 spiro atoms. The highest BCUT2D eigenvalue weighted by Gasteiger charge is 2.17. The van der Waals surface area contributed by atoms with E-state index in [-0.39, 0.29) is 10.6 Å². The molecule has 170 valence electrons. The average molecular weight is 488 g/mol. The molecule has 0 aliphatic heterocycles. The lowest BCUT2D eigenvalue weighted by atomic mass is 10.2. The van der Waals surface area contributed by atoms with Crippen molar-refractivity contribution in [2.24, 2.45) is 0 Å². The number of halogens is 1. The van der Waals surface area contributed by atoms with Crippen molar-refractivity contribution in [2.75, 3.05) is 24.3 Å². The summed E-state index contributed by atoms with van der Waals surface area (Å²) in [5, 5.41) is 3.09. The van der Waals surface area contributed by atoms with Gasteiger partial charge in [0.25, 0.3) is 15.9 Å². The zero-order valence-electron chi connectivity index (χ0n) is 17.5. The lowest BCUT2D eigenvalue weighted by Crippen LogP contribution is -2.14. The van der Waals surface area contributed by atoms with Crippen LogP contribution in [0.15, 0.2) is 65.6 Å². The first-order chi connectivity index (χ1) is 15.8. The summed E-state index contributed by atoms with van der Waals surface area (Å²) < 4.78 is 51.7. The fourth-order valence-corrected chi connectivity index (χ4v) is 5.05. The maximum Gasteiger partial charge on any atom is 0.261 e. The van der Waals surface area contributed by atoms with Gasteiger partial charge in [0.1, 0.15) is 27.5 Å². The third-order valence-corrected chi connectivity index (χ3v) is 7.04. The second kappa shape index (κ2) is 9.04. The maximum absolute atomic E-state index is 13.0. The predicted molar refractivity (Wildman–Crippen MR) is 124 cm³/mol. The number of sulfonamides is 1. The number of hydrogen-bond acceptors (Lipinski definition) is 7. The zero-order chi connectivity index (χ0) is 23.6. The molecule has 0 fully saturated rings. The minimum atomic E-state index is -3.89. The van der Waals surface area contributed by atoms with Gasteiger partial charge >= 0.3 is 0 Å². The van der Waals surface area contributed by atoms with Crippen LogP contribution in [0.3, 0.4) is 0 Å². The molecule has 0 bridgehead atoms. The molecule has 2 N–H and O–H groups in total. The van der Waals surface area contributed by atoms with Gasteiger partial charge in [0.2, 0.25) is 0 Å². The molecule has 1 aromatic heterocycles. The lowest BCUT2D eigenvalue weighted by molar-refractivity contribution is 0.102. The number of amides is 1. The highest BCUT2D eigenvalue weighted by molar-refractivity contribution is 7.92. The number of anilines is 2. The molecule has 11 heteroatoms. The van der Waals surface area contributed by atoms with Gasteiger partial charge in [-0.05, 0) is 60.7 Å². The summed E-state index contributed by atoms with van der Waals surface area (Å²) in [7, 11) is -0.810. The Balaban J connectivity index is 1.50. The van der Waals surface area contributed by atoms with Crippen LogP contribution in [0.4, 0.5) is 15.2 Å². The summed E-state index contributed by atoms with van der Waals surface area (Å²) in [6, 6.07) is 13.8. The van der Waals surface area contributed by atoms with Crippen molar-refractivity contribution in [3.05, 3.63) is 72.0 Å². The smallest absolute Gasteiger partial charge is 0.261 e. The SMILES string of the molecule is COc1ccc(OC)c2sc(NC(=O)c3ccc(NS(=O)(=O)c4ccc(F)cc4)cc3)nc12. The van der Waals surface area contributed by atoms with Crippen molar-refractivity contribution in [3.8, 4) is 11.5 Å². The molecular formula is C22H18FN3O5S2. The number of thiazole rings is 1. The third kappa shape index (κ3) is 4.73. The van der Waals surface area contributed by atoms with Crippen molar-refractivity contribution in [2.45, 2.75) is 4.90 Å².